The standard InChI is InChI=1S/C19H23ClN2O3S/c20-16-6-3-14(4-7-16)12-19-18-13-17(25-11-10-22-26(23)24)8-5-15(18)2-1-9-21-19/h3-8,13,19,21,26H,1-2,9-12H2,(H,22,23,24). The van der Waals surface area contributed by atoms with E-state index in [4.69, 9.17) is 16.3 Å². The molecule has 1 aliphatic rings. The van der Waals surface area contributed by atoms with Gasteiger partial charge in [0.15, 0.2) is 0 Å². The second-order valence-electron chi connectivity index (χ2n) is 6.32. The van der Waals surface area contributed by atoms with Crippen LogP contribution in [0, 0.1) is 0 Å². The van der Waals surface area contributed by atoms with E-state index < -0.39 is 10.9 Å². The quantitative estimate of drug-likeness (QED) is 0.499. The molecule has 0 saturated carbocycles. The van der Waals surface area contributed by atoms with Crippen LogP contribution in [-0.4, -0.2) is 28.1 Å². The third kappa shape index (κ3) is 5.45. The molecule has 0 fully saturated rings. The molecular formula is C19H23ClN2O3S. The number of benzene rings is 2. The van der Waals surface area contributed by atoms with Gasteiger partial charge in [-0.1, -0.05) is 29.8 Å². The Hall–Kier alpha value is -1.60. The summed E-state index contributed by atoms with van der Waals surface area (Å²) >= 11 is 5.99. The Labute approximate surface area is 160 Å². The van der Waals surface area contributed by atoms with Gasteiger partial charge < -0.3 is 10.1 Å². The number of hydrogen-bond donors (Lipinski definition) is 3. The molecule has 2 aromatic carbocycles. The molecule has 0 bridgehead atoms. The van der Waals surface area contributed by atoms with E-state index in [1.54, 1.807) is 0 Å². The first-order valence-electron chi connectivity index (χ1n) is 8.73. The normalized spacial score (nSPS) is 16.9. The number of aryl methyl sites for hydroxylation is 1. The molecule has 1 atom stereocenters. The van der Waals surface area contributed by atoms with Crippen LogP contribution < -0.4 is 14.8 Å². The van der Waals surface area contributed by atoms with Crippen molar-refractivity contribution in [3.8, 4) is 5.75 Å². The van der Waals surface area contributed by atoms with Gasteiger partial charge in [0.05, 0.1) is 0 Å². The smallest absolute Gasteiger partial charge is 0.201 e. The molecule has 2 N–H and O–H groups in total. The first-order chi connectivity index (χ1) is 12.6. The predicted molar refractivity (Wildman–Crippen MR) is 104 cm³/mol. The van der Waals surface area contributed by atoms with Gasteiger partial charge in [0.1, 0.15) is 12.4 Å². The zero-order chi connectivity index (χ0) is 18.4. The van der Waals surface area contributed by atoms with Crippen molar-refractivity contribution >= 4 is 22.5 Å². The van der Waals surface area contributed by atoms with Crippen molar-refractivity contribution in [2.24, 2.45) is 0 Å². The average molecular weight is 395 g/mol. The zero-order valence-corrected chi connectivity index (χ0v) is 16.1. The summed E-state index contributed by atoms with van der Waals surface area (Å²) in [5.74, 6) is 0.761. The van der Waals surface area contributed by atoms with Crippen LogP contribution in [0.1, 0.15) is 29.2 Å². The van der Waals surface area contributed by atoms with E-state index >= 15 is 0 Å². The summed E-state index contributed by atoms with van der Waals surface area (Å²) in [5, 5.41) is 4.37. The molecule has 140 valence electrons. The van der Waals surface area contributed by atoms with Crippen LogP contribution >= 0.6 is 11.6 Å². The van der Waals surface area contributed by atoms with Gasteiger partial charge in [-0.15, -0.1) is 0 Å². The first kappa shape index (κ1) is 19.2. The highest BCUT2D eigenvalue weighted by Gasteiger charge is 2.19. The minimum Gasteiger partial charge on any atom is -0.492 e. The summed E-state index contributed by atoms with van der Waals surface area (Å²) < 4.78 is 29.1. The van der Waals surface area contributed by atoms with Gasteiger partial charge in [0.2, 0.25) is 10.9 Å². The molecule has 0 spiro atoms. The van der Waals surface area contributed by atoms with Gasteiger partial charge in [-0.3, -0.25) is 0 Å². The van der Waals surface area contributed by atoms with Crippen LogP contribution in [0.15, 0.2) is 42.5 Å². The zero-order valence-electron chi connectivity index (χ0n) is 14.4. The summed E-state index contributed by atoms with van der Waals surface area (Å²) in [6, 6.07) is 14.3. The third-order valence-corrected chi connectivity index (χ3v) is 5.20. The van der Waals surface area contributed by atoms with E-state index in [1.807, 2.05) is 18.2 Å². The van der Waals surface area contributed by atoms with Crippen molar-refractivity contribution in [2.75, 3.05) is 19.7 Å². The fraction of sp³-hybridized carbons (Fsp3) is 0.368. The van der Waals surface area contributed by atoms with E-state index in [9.17, 15) is 8.42 Å². The SMILES string of the molecule is O=[SH](=O)NCCOc1ccc2c(c1)C(Cc1ccc(Cl)cc1)NCCC2. The molecule has 26 heavy (non-hydrogen) atoms. The third-order valence-electron chi connectivity index (χ3n) is 4.47. The molecule has 1 unspecified atom stereocenters. The lowest BCUT2D eigenvalue weighted by atomic mass is 9.94. The lowest BCUT2D eigenvalue weighted by molar-refractivity contribution is 0.322. The average Bonchev–Trinajstić information content (AvgIpc) is 2.83. The summed E-state index contributed by atoms with van der Waals surface area (Å²) in [7, 11) is -2.58. The van der Waals surface area contributed by atoms with Gasteiger partial charge in [-0.25, -0.2) is 13.1 Å². The van der Waals surface area contributed by atoms with E-state index in [-0.39, 0.29) is 12.6 Å². The van der Waals surface area contributed by atoms with E-state index in [0.29, 0.717) is 6.61 Å². The molecule has 2 aromatic rings. The molecule has 1 heterocycles. The number of thiol groups is 1. The fourth-order valence-electron chi connectivity index (χ4n) is 3.22. The van der Waals surface area contributed by atoms with Crippen LogP contribution in [0.25, 0.3) is 0 Å². The molecule has 3 rings (SSSR count). The summed E-state index contributed by atoms with van der Waals surface area (Å²) in [4.78, 5) is 0. The van der Waals surface area contributed by atoms with Crippen LogP contribution in [0.2, 0.25) is 5.02 Å². The molecule has 0 amide bonds. The van der Waals surface area contributed by atoms with Crippen molar-refractivity contribution in [1.29, 1.82) is 0 Å². The highest BCUT2D eigenvalue weighted by molar-refractivity contribution is 7.70. The molecule has 0 saturated heterocycles. The number of nitrogens with one attached hydrogen (secondary N) is 2. The van der Waals surface area contributed by atoms with Crippen molar-refractivity contribution in [3.05, 3.63) is 64.2 Å². The minimum atomic E-state index is -2.58. The highest BCUT2D eigenvalue weighted by atomic mass is 35.5. The Morgan fingerprint density at radius 3 is 2.77 bits per heavy atom. The van der Waals surface area contributed by atoms with Crippen molar-refractivity contribution in [2.45, 2.75) is 25.3 Å². The topological polar surface area (TPSA) is 67.4 Å². The van der Waals surface area contributed by atoms with Crippen LogP contribution in [0.5, 0.6) is 5.75 Å². The lowest BCUT2D eigenvalue weighted by Gasteiger charge is -2.20. The molecule has 0 aromatic heterocycles. The second kappa shape index (κ2) is 9.37. The van der Waals surface area contributed by atoms with E-state index in [0.717, 1.165) is 36.6 Å². The number of fused-ring (bicyclic) bond motifs is 1. The Kier molecular flexibility index (Phi) is 6.91. The molecule has 1 aliphatic heterocycles. The largest absolute Gasteiger partial charge is 0.492 e. The summed E-state index contributed by atoms with van der Waals surface area (Å²) in [6.45, 7) is 1.54. The van der Waals surface area contributed by atoms with E-state index in [1.165, 1.54) is 16.7 Å². The molecule has 7 heteroatoms. The maximum absolute atomic E-state index is 10.5. The number of rotatable bonds is 7. The van der Waals surface area contributed by atoms with Crippen LogP contribution in [-0.2, 0) is 23.7 Å². The molecule has 0 aliphatic carbocycles. The van der Waals surface area contributed by atoms with Gasteiger partial charge >= 0.3 is 0 Å². The monoisotopic (exact) mass is 394 g/mol. The summed E-state index contributed by atoms with van der Waals surface area (Å²) in [5.41, 5.74) is 3.81. The van der Waals surface area contributed by atoms with E-state index in [2.05, 4.69) is 34.3 Å². The molecule has 5 nitrogen and oxygen atoms in total. The van der Waals surface area contributed by atoms with Crippen LogP contribution in [0.4, 0.5) is 0 Å². The van der Waals surface area contributed by atoms with Gasteiger partial charge in [-0.2, -0.15) is 0 Å². The number of ether oxygens (including phenoxy) is 1. The number of halogens is 1. The fourth-order valence-corrected chi connectivity index (χ4v) is 3.62. The van der Waals surface area contributed by atoms with Crippen molar-refractivity contribution in [3.63, 3.8) is 0 Å². The maximum Gasteiger partial charge on any atom is 0.201 e. The molecular weight excluding hydrogens is 372 g/mol. The Morgan fingerprint density at radius 1 is 1.19 bits per heavy atom. The molecule has 0 radical (unpaired) electrons. The Balaban J connectivity index is 1.74. The highest BCUT2D eigenvalue weighted by Crippen LogP contribution is 2.29. The van der Waals surface area contributed by atoms with Gasteiger partial charge in [0, 0.05) is 17.6 Å². The Morgan fingerprint density at radius 2 is 2.00 bits per heavy atom. The number of hydrogen-bond acceptors (Lipinski definition) is 4. The Bertz CT molecular complexity index is 801. The predicted octanol–water partition coefficient (Wildman–Crippen LogP) is 2.65. The van der Waals surface area contributed by atoms with Crippen LogP contribution in [0.3, 0.4) is 0 Å². The minimum absolute atomic E-state index is 0.214. The second-order valence-corrected chi connectivity index (χ2v) is 7.58. The van der Waals surface area contributed by atoms with Gasteiger partial charge in [-0.05, 0) is 66.8 Å². The first-order valence-corrected chi connectivity index (χ1v) is 10.3. The maximum atomic E-state index is 10.5. The lowest BCUT2D eigenvalue weighted by Crippen LogP contribution is -2.23. The van der Waals surface area contributed by atoms with Crippen molar-refractivity contribution in [1.82, 2.24) is 10.0 Å². The summed E-state index contributed by atoms with van der Waals surface area (Å²) in [6.07, 6.45) is 3.02. The van der Waals surface area contributed by atoms with Crippen molar-refractivity contribution < 1.29 is 13.2 Å². The van der Waals surface area contributed by atoms with Gasteiger partial charge in [0.25, 0.3) is 0 Å².